The van der Waals surface area contributed by atoms with Crippen LogP contribution in [0.5, 0.6) is 0 Å². The van der Waals surface area contributed by atoms with Crippen molar-refractivity contribution in [2.75, 3.05) is 25.0 Å². The van der Waals surface area contributed by atoms with Crippen molar-refractivity contribution >= 4 is 15.9 Å². The number of hydrogen-bond donors (Lipinski definition) is 1. The molecule has 2 atom stereocenters. The van der Waals surface area contributed by atoms with Crippen LogP contribution in [0.25, 0.3) is 0 Å². The molecule has 1 aliphatic heterocycles. The Hall–Kier alpha value is 0.400. The lowest BCUT2D eigenvalue weighted by Gasteiger charge is -2.41. The summed E-state index contributed by atoms with van der Waals surface area (Å²) in [5.41, 5.74) is 0.436. The fourth-order valence-electron chi connectivity index (χ4n) is 3.36. The molecule has 0 spiro atoms. The van der Waals surface area contributed by atoms with E-state index in [-0.39, 0.29) is 6.10 Å². The Morgan fingerprint density at radius 3 is 2.33 bits per heavy atom. The largest absolute Gasteiger partial charge is 0.393 e. The first-order valence-electron chi connectivity index (χ1n) is 7.53. The monoisotopic (exact) mass is 319 g/mol. The Morgan fingerprint density at radius 2 is 1.89 bits per heavy atom. The van der Waals surface area contributed by atoms with Crippen LogP contribution in [0.1, 0.15) is 52.9 Å². The number of nitrogens with zero attached hydrogens (tertiary/aromatic N) is 1. The zero-order chi connectivity index (χ0) is 13.6. The van der Waals surface area contributed by atoms with Crippen molar-refractivity contribution in [2.45, 2.75) is 59.0 Å². The molecular formula is C15H30BrNO. The minimum atomic E-state index is -0.0861. The van der Waals surface area contributed by atoms with E-state index in [2.05, 4.69) is 41.6 Å². The van der Waals surface area contributed by atoms with Gasteiger partial charge in [0.15, 0.2) is 0 Å². The van der Waals surface area contributed by atoms with Gasteiger partial charge >= 0.3 is 0 Å². The average molecular weight is 320 g/mol. The summed E-state index contributed by atoms with van der Waals surface area (Å²) < 4.78 is 0. The second kappa shape index (κ2) is 7.86. The zero-order valence-corrected chi connectivity index (χ0v) is 13.9. The molecule has 108 valence electrons. The summed E-state index contributed by atoms with van der Waals surface area (Å²) >= 11 is 3.75. The third kappa shape index (κ3) is 4.50. The topological polar surface area (TPSA) is 23.5 Å². The maximum Gasteiger partial charge on any atom is 0.0590 e. The van der Waals surface area contributed by atoms with Crippen molar-refractivity contribution in [3.63, 3.8) is 0 Å². The summed E-state index contributed by atoms with van der Waals surface area (Å²) in [6.07, 6.45) is 5.99. The average Bonchev–Trinajstić information content (AvgIpc) is 2.34. The first kappa shape index (κ1) is 16.5. The predicted molar refractivity (Wildman–Crippen MR) is 82.3 cm³/mol. The number of hydrogen-bond acceptors (Lipinski definition) is 2. The number of piperidine rings is 1. The van der Waals surface area contributed by atoms with Crippen LogP contribution in [0.15, 0.2) is 0 Å². The van der Waals surface area contributed by atoms with E-state index in [0.29, 0.717) is 11.3 Å². The maximum absolute atomic E-state index is 9.82. The van der Waals surface area contributed by atoms with E-state index in [1.807, 2.05) is 0 Å². The summed E-state index contributed by atoms with van der Waals surface area (Å²) in [6.45, 7) is 10.1. The normalized spacial score (nSPS) is 26.5. The lowest BCUT2D eigenvalue weighted by atomic mass is 9.80. The van der Waals surface area contributed by atoms with Crippen molar-refractivity contribution in [2.24, 2.45) is 11.3 Å². The first-order chi connectivity index (χ1) is 8.56. The van der Waals surface area contributed by atoms with Crippen LogP contribution >= 0.6 is 15.9 Å². The molecule has 1 heterocycles. The van der Waals surface area contributed by atoms with Gasteiger partial charge in [0.05, 0.1) is 6.10 Å². The summed E-state index contributed by atoms with van der Waals surface area (Å²) in [4.78, 5) is 2.57. The fraction of sp³-hybridized carbons (Fsp3) is 1.00. The molecule has 0 amide bonds. The van der Waals surface area contributed by atoms with Gasteiger partial charge in [-0.15, -0.1) is 0 Å². The van der Waals surface area contributed by atoms with Gasteiger partial charge in [0.2, 0.25) is 0 Å². The molecule has 1 saturated heterocycles. The van der Waals surface area contributed by atoms with Crippen molar-refractivity contribution < 1.29 is 5.11 Å². The van der Waals surface area contributed by atoms with Gasteiger partial charge in [-0.25, -0.2) is 0 Å². The van der Waals surface area contributed by atoms with E-state index in [0.717, 1.165) is 24.8 Å². The molecule has 2 unspecified atom stereocenters. The fourth-order valence-corrected chi connectivity index (χ4v) is 4.10. The van der Waals surface area contributed by atoms with Crippen LogP contribution in [0, 0.1) is 11.3 Å². The van der Waals surface area contributed by atoms with E-state index in [9.17, 15) is 5.11 Å². The molecular weight excluding hydrogens is 290 g/mol. The van der Waals surface area contributed by atoms with Crippen LogP contribution in [-0.4, -0.2) is 41.1 Å². The smallest absolute Gasteiger partial charge is 0.0590 e. The minimum Gasteiger partial charge on any atom is -0.393 e. The zero-order valence-electron chi connectivity index (χ0n) is 12.3. The van der Waals surface area contributed by atoms with Gasteiger partial charge in [-0.1, -0.05) is 49.5 Å². The van der Waals surface area contributed by atoms with Crippen LogP contribution < -0.4 is 0 Å². The molecule has 1 rings (SSSR count). The van der Waals surface area contributed by atoms with Crippen LogP contribution in [0.4, 0.5) is 0 Å². The number of aliphatic hydroxyl groups excluding tert-OH is 1. The van der Waals surface area contributed by atoms with Crippen LogP contribution in [0.3, 0.4) is 0 Å². The van der Waals surface area contributed by atoms with Crippen LogP contribution in [0.2, 0.25) is 0 Å². The molecule has 0 aliphatic carbocycles. The van der Waals surface area contributed by atoms with E-state index >= 15 is 0 Å². The quantitative estimate of drug-likeness (QED) is 0.724. The summed E-state index contributed by atoms with van der Waals surface area (Å²) in [6, 6.07) is 0. The number of alkyl halides is 1. The molecule has 3 heteroatoms. The SMILES string of the molecule is CCCC(CBr)(CCC)CN1CCC(O)C(C)C1. The summed E-state index contributed by atoms with van der Waals surface area (Å²) in [5, 5.41) is 10.9. The van der Waals surface area contributed by atoms with E-state index < -0.39 is 0 Å². The Morgan fingerprint density at radius 1 is 1.28 bits per heavy atom. The van der Waals surface area contributed by atoms with Crippen molar-refractivity contribution in [1.29, 1.82) is 0 Å². The molecule has 2 nitrogen and oxygen atoms in total. The second-order valence-corrected chi connectivity index (χ2v) is 6.76. The van der Waals surface area contributed by atoms with Gasteiger partial charge in [-0.05, 0) is 30.6 Å². The van der Waals surface area contributed by atoms with E-state index in [1.165, 1.54) is 32.2 Å². The van der Waals surface area contributed by atoms with Gasteiger partial charge in [0.25, 0.3) is 0 Å². The Kier molecular flexibility index (Phi) is 7.19. The molecule has 1 fully saturated rings. The van der Waals surface area contributed by atoms with Crippen molar-refractivity contribution in [3.05, 3.63) is 0 Å². The van der Waals surface area contributed by atoms with Gasteiger partial charge in [0.1, 0.15) is 0 Å². The molecule has 0 bridgehead atoms. The van der Waals surface area contributed by atoms with Gasteiger partial charge in [-0.2, -0.15) is 0 Å². The second-order valence-electron chi connectivity index (χ2n) is 6.20. The number of rotatable bonds is 7. The third-order valence-electron chi connectivity index (χ3n) is 4.35. The molecule has 0 radical (unpaired) electrons. The van der Waals surface area contributed by atoms with Gasteiger partial charge in [0, 0.05) is 25.0 Å². The lowest BCUT2D eigenvalue weighted by Crippen LogP contribution is -2.47. The highest BCUT2D eigenvalue weighted by molar-refractivity contribution is 9.09. The number of aliphatic hydroxyl groups is 1. The number of halogens is 1. The van der Waals surface area contributed by atoms with Crippen molar-refractivity contribution in [1.82, 2.24) is 4.90 Å². The Labute approximate surface area is 121 Å². The Bertz CT molecular complexity index is 229. The lowest BCUT2D eigenvalue weighted by molar-refractivity contribution is 0.0166. The van der Waals surface area contributed by atoms with Gasteiger partial charge < -0.3 is 10.0 Å². The highest BCUT2D eigenvalue weighted by atomic mass is 79.9. The Balaban J connectivity index is 2.59. The van der Waals surface area contributed by atoms with E-state index in [1.54, 1.807) is 0 Å². The highest BCUT2D eigenvalue weighted by Gasteiger charge is 2.32. The molecule has 0 aromatic carbocycles. The molecule has 18 heavy (non-hydrogen) atoms. The molecule has 0 saturated carbocycles. The van der Waals surface area contributed by atoms with Gasteiger partial charge in [-0.3, -0.25) is 0 Å². The third-order valence-corrected chi connectivity index (χ3v) is 5.54. The number of likely N-dealkylation sites (tertiary alicyclic amines) is 1. The molecule has 0 aromatic heterocycles. The maximum atomic E-state index is 9.82. The molecule has 1 N–H and O–H groups in total. The molecule has 1 aliphatic rings. The summed E-state index contributed by atoms with van der Waals surface area (Å²) in [5.74, 6) is 0.426. The minimum absolute atomic E-state index is 0.0861. The first-order valence-corrected chi connectivity index (χ1v) is 8.65. The van der Waals surface area contributed by atoms with Crippen LogP contribution in [-0.2, 0) is 0 Å². The van der Waals surface area contributed by atoms with E-state index in [4.69, 9.17) is 0 Å². The summed E-state index contributed by atoms with van der Waals surface area (Å²) in [7, 11) is 0. The highest BCUT2D eigenvalue weighted by Crippen LogP contribution is 2.34. The predicted octanol–water partition coefficient (Wildman–Crippen LogP) is 3.67. The van der Waals surface area contributed by atoms with Crippen molar-refractivity contribution in [3.8, 4) is 0 Å². The molecule has 0 aromatic rings. The standard InChI is InChI=1S/C15H30BrNO/c1-4-7-15(11-16,8-5-2)12-17-9-6-14(18)13(3)10-17/h13-14,18H,4-12H2,1-3H3.